The van der Waals surface area contributed by atoms with Crippen LogP contribution in [-0.4, -0.2) is 34.1 Å². The number of amides is 1. The van der Waals surface area contributed by atoms with Gasteiger partial charge in [-0.3, -0.25) is 4.79 Å². The first-order valence-electron chi connectivity index (χ1n) is 11.5. The lowest BCUT2D eigenvalue weighted by Crippen LogP contribution is -2.43. The minimum atomic E-state index is -0.0702. The van der Waals surface area contributed by atoms with E-state index in [4.69, 9.17) is 4.52 Å². The van der Waals surface area contributed by atoms with Gasteiger partial charge < -0.3 is 14.7 Å². The van der Waals surface area contributed by atoms with Crippen molar-refractivity contribution in [1.82, 2.24) is 20.4 Å². The van der Waals surface area contributed by atoms with Crippen LogP contribution >= 0.6 is 0 Å². The summed E-state index contributed by atoms with van der Waals surface area (Å²) in [4.78, 5) is 24.4. The summed E-state index contributed by atoms with van der Waals surface area (Å²) in [6.45, 7) is 4.11. The third-order valence-corrected chi connectivity index (χ3v) is 6.56. The Morgan fingerprint density at radius 1 is 1.19 bits per heavy atom. The van der Waals surface area contributed by atoms with E-state index < -0.39 is 0 Å². The Labute approximate surface area is 188 Å². The fourth-order valence-corrected chi connectivity index (χ4v) is 4.53. The van der Waals surface area contributed by atoms with E-state index >= 15 is 0 Å². The van der Waals surface area contributed by atoms with Crippen molar-refractivity contribution in [1.29, 1.82) is 0 Å². The summed E-state index contributed by atoms with van der Waals surface area (Å²) in [5.41, 5.74) is 3.19. The Morgan fingerprint density at radius 2 is 2.09 bits per heavy atom. The lowest BCUT2D eigenvalue weighted by molar-refractivity contribution is -0.125. The molecule has 1 N–H and O–H groups in total. The number of rotatable bonds is 6. The van der Waals surface area contributed by atoms with Crippen LogP contribution in [0.5, 0.6) is 0 Å². The maximum Gasteiger partial charge on any atom is 0.230 e. The first-order chi connectivity index (χ1) is 15.7. The Kier molecular flexibility index (Phi) is 5.88. The summed E-state index contributed by atoms with van der Waals surface area (Å²) in [6, 6.07) is 12.1. The summed E-state index contributed by atoms with van der Waals surface area (Å²) in [5, 5.41) is 7.35. The highest BCUT2D eigenvalue weighted by Gasteiger charge is 2.30. The summed E-state index contributed by atoms with van der Waals surface area (Å²) in [6.07, 6.45) is 7.07. The summed E-state index contributed by atoms with van der Waals surface area (Å²) >= 11 is 0. The van der Waals surface area contributed by atoms with E-state index in [9.17, 15) is 4.79 Å². The van der Waals surface area contributed by atoms with E-state index in [2.05, 4.69) is 44.4 Å². The molecule has 1 amide bonds. The zero-order chi connectivity index (χ0) is 21.9. The number of aryl methyl sites for hydroxylation is 1. The van der Waals surface area contributed by atoms with Crippen molar-refractivity contribution < 1.29 is 9.32 Å². The van der Waals surface area contributed by atoms with Crippen LogP contribution in [0.25, 0.3) is 11.4 Å². The molecule has 7 nitrogen and oxygen atoms in total. The molecule has 3 aromatic rings. The third kappa shape index (κ3) is 4.38. The zero-order valence-corrected chi connectivity index (χ0v) is 18.5. The fraction of sp³-hybridized carbons (Fsp3) is 0.440. The van der Waals surface area contributed by atoms with E-state index in [1.807, 2.05) is 24.3 Å². The molecule has 32 heavy (non-hydrogen) atoms. The molecule has 0 unspecified atom stereocenters. The van der Waals surface area contributed by atoms with Gasteiger partial charge in [0, 0.05) is 31.7 Å². The Bertz CT molecular complexity index is 1090. The van der Waals surface area contributed by atoms with Crippen LogP contribution in [0.4, 0.5) is 5.82 Å². The Morgan fingerprint density at radius 3 is 2.91 bits per heavy atom. The van der Waals surface area contributed by atoms with E-state index in [0.29, 0.717) is 24.8 Å². The topological polar surface area (TPSA) is 84.2 Å². The number of aromatic nitrogens is 3. The number of anilines is 1. The number of carbonyl (C=O) groups is 1. The van der Waals surface area contributed by atoms with Gasteiger partial charge in [-0.1, -0.05) is 41.4 Å². The van der Waals surface area contributed by atoms with Crippen LogP contribution in [0.15, 0.2) is 47.1 Å². The Hall–Kier alpha value is -3.22. The van der Waals surface area contributed by atoms with Crippen molar-refractivity contribution in [2.75, 3.05) is 18.0 Å². The third-order valence-electron chi connectivity index (χ3n) is 6.56. The number of hydrogen-bond donors (Lipinski definition) is 1. The molecule has 2 aliphatic rings. The van der Waals surface area contributed by atoms with E-state index in [1.165, 1.54) is 12.0 Å². The highest BCUT2D eigenvalue weighted by Crippen LogP contribution is 2.37. The van der Waals surface area contributed by atoms with Gasteiger partial charge in [-0.15, -0.1) is 0 Å². The van der Waals surface area contributed by atoms with Gasteiger partial charge in [0.2, 0.25) is 17.6 Å². The number of pyridine rings is 1. The number of nitrogens with zero attached hydrogens (tertiary/aromatic N) is 4. The second-order valence-electron chi connectivity index (χ2n) is 8.95. The molecule has 1 aromatic carbocycles. The maximum absolute atomic E-state index is 12.9. The number of hydrogen-bond acceptors (Lipinski definition) is 6. The summed E-state index contributed by atoms with van der Waals surface area (Å²) in [7, 11) is 0. The van der Waals surface area contributed by atoms with Gasteiger partial charge in [0.15, 0.2) is 0 Å². The highest BCUT2D eigenvalue weighted by molar-refractivity contribution is 5.80. The Balaban J connectivity index is 1.28. The fourth-order valence-electron chi connectivity index (χ4n) is 4.53. The largest absolute Gasteiger partial charge is 0.355 e. The molecular formula is C25H29N5O2. The molecule has 1 saturated carbocycles. The molecule has 2 aromatic heterocycles. The molecule has 3 heterocycles. The number of benzene rings is 1. The van der Waals surface area contributed by atoms with Gasteiger partial charge >= 0.3 is 0 Å². The van der Waals surface area contributed by atoms with Crippen LogP contribution in [0.3, 0.4) is 0 Å². The quantitative estimate of drug-likeness (QED) is 0.628. The number of nitrogens with one attached hydrogen (secondary N) is 1. The van der Waals surface area contributed by atoms with Crippen molar-refractivity contribution in [2.45, 2.75) is 51.5 Å². The number of carbonyl (C=O) groups excluding carboxylic acids is 1. The minimum Gasteiger partial charge on any atom is -0.355 e. The smallest absolute Gasteiger partial charge is 0.230 e. The molecule has 0 radical (unpaired) electrons. The van der Waals surface area contributed by atoms with Gasteiger partial charge in [0.05, 0.1) is 11.5 Å². The lowest BCUT2D eigenvalue weighted by Gasteiger charge is -2.33. The molecule has 7 heteroatoms. The molecule has 1 saturated heterocycles. The molecule has 0 bridgehead atoms. The minimum absolute atomic E-state index is 0.0702. The van der Waals surface area contributed by atoms with E-state index in [1.54, 1.807) is 6.20 Å². The molecule has 166 valence electrons. The molecular weight excluding hydrogens is 402 g/mol. The summed E-state index contributed by atoms with van der Waals surface area (Å²) in [5.74, 6) is 2.56. The highest BCUT2D eigenvalue weighted by atomic mass is 16.5. The van der Waals surface area contributed by atoms with Crippen molar-refractivity contribution >= 4 is 11.7 Å². The first kappa shape index (κ1) is 20.7. The average Bonchev–Trinajstić information content (AvgIpc) is 3.26. The SMILES string of the molecule is Cc1cccc(CNC(=O)[C@@H]2CCCN(c3ncccc3-c3noc(C4CCC4)n3)C2)c1. The van der Waals surface area contributed by atoms with Gasteiger partial charge in [-0.2, -0.15) is 4.98 Å². The number of piperidine rings is 1. The zero-order valence-electron chi connectivity index (χ0n) is 18.5. The first-order valence-corrected chi connectivity index (χ1v) is 11.5. The van der Waals surface area contributed by atoms with Crippen LogP contribution in [-0.2, 0) is 11.3 Å². The predicted octanol–water partition coefficient (Wildman–Crippen LogP) is 4.24. The maximum atomic E-state index is 12.9. The molecule has 1 atom stereocenters. The van der Waals surface area contributed by atoms with Crippen LogP contribution in [0, 0.1) is 12.8 Å². The van der Waals surface area contributed by atoms with Crippen molar-refractivity contribution in [2.24, 2.45) is 5.92 Å². The van der Waals surface area contributed by atoms with Gasteiger partial charge in [0.25, 0.3) is 0 Å². The van der Waals surface area contributed by atoms with Crippen molar-refractivity contribution in [3.63, 3.8) is 0 Å². The molecule has 0 spiro atoms. The summed E-state index contributed by atoms with van der Waals surface area (Å²) < 4.78 is 5.54. The predicted molar refractivity (Wildman–Crippen MR) is 122 cm³/mol. The average molecular weight is 432 g/mol. The normalized spacial score (nSPS) is 18.9. The van der Waals surface area contributed by atoms with Gasteiger partial charge in [-0.05, 0) is 50.3 Å². The lowest BCUT2D eigenvalue weighted by atomic mass is 9.85. The monoisotopic (exact) mass is 431 g/mol. The van der Waals surface area contributed by atoms with Gasteiger partial charge in [0.1, 0.15) is 5.82 Å². The molecule has 1 aliphatic carbocycles. The van der Waals surface area contributed by atoms with Crippen molar-refractivity contribution in [3.8, 4) is 11.4 Å². The second kappa shape index (κ2) is 9.10. The van der Waals surface area contributed by atoms with Crippen molar-refractivity contribution in [3.05, 3.63) is 59.6 Å². The molecule has 1 aliphatic heterocycles. The van der Waals surface area contributed by atoms with Crippen LogP contribution in [0.2, 0.25) is 0 Å². The van der Waals surface area contributed by atoms with Crippen LogP contribution in [0.1, 0.15) is 55.0 Å². The second-order valence-corrected chi connectivity index (χ2v) is 8.95. The molecule has 5 rings (SSSR count). The molecule has 2 fully saturated rings. The van der Waals surface area contributed by atoms with E-state index in [0.717, 1.165) is 55.1 Å². The standard InChI is InChI=1S/C25H29N5O2/c1-17-6-2-7-18(14-17)15-27-24(31)20-10-5-13-30(16-20)23-21(11-4-12-26-23)22-28-25(32-29-22)19-8-3-9-19/h2,4,6-7,11-12,14,19-20H,3,5,8-10,13,15-16H2,1H3,(H,27,31)/t20-/m1/s1. The van der Waals surface area contributed by atoms with Crippen LogP contribution < -0.4 is 10.2 Å². The van der Waals surface area contributed by atoms with E-state index in [-0.39, 0.29) is 11.8 Å². The van der Waals surface area contributed by atoms with Gasteiger partial charge in [-0.25, -0.2) is 4.98 Å².